The van der Waals surface area contributed by atoms with E-state index in [1.54, 1.807) is 6.07 Å². The van der Waals surface area contributed by atoms with Gasteiger partial charge in [0.1, 0.15) is 5.75 Å². The lowest BCUT2D eigenvalue weighted by molar-refractivity contribution is -0.384. The number of hydrogen-bond donors (Lipinski definition) is 2. The zero-order valence-electron chi connectivity index (χ0n) is 9.71. The Morgan fingerprint density at radius 2 is 2.16 bits per heavy atom. The Hall–Kier alpha value is -2.34. The fourth-order valence-corrected chi connectivity index (χ4v) is 1.65. The number of non-ortho nitro benzene ring substituents is 1. The molecule has 2 rings (SSSR count). The Balaban J connectivity index is 2.12. The first kappa shape index (κ1) is 13.1. The summed E-state index contributed by atoms with van der Waals surface area (Å²) in [5.41, 5.74) is 1.11. The zero-order chi connectivity index (χ0) is 13.8. The highest BCUT2D eigenvalue weighted by molar-refractivity contribution is 6.33. The molecule has 0 aliphatic rings. The van der Waals surface area contributed by atoms with Crippen LogP contribution < -0.4 is 5.32 Å². The van der Waals surface area contributed by atoms with E-state index in [9.17, 15) is 10.1 Å². The van der Waals surface area contributed by atoms with E-state index < -0.39 is 4.92 Å². The van der Waals surface area contributed by atoms with Crippen LogP contribution in [0.3, 0.4) is 0 Å². The monoisotopic (exact) mass is 279 g/mol. The minimum Gasteiger partial charge on any atom is -0.506 e. The highest BCUT2D eigenvalue weighted by Gasteiger charge is 2.09. The molecule has 0 spiro atoms. The highest BCUT2D eigenvalue weighted by Crippen LogP contribution is 2.27. The van der Waals surface area contributed by atoms with Crippen molar-refractivity contribution in [1.82, 2.24) is 4.98 Å². The average molecular weight is 280 g/mol. The lowest BCUT2D eigenvalue weighted by Crippen LogP contribution is -2.02. The van der Waals surface area contributed by atoms with Gasteiger partial charge in [-0.15, -0.1) is 0 Å². The molecule has 0 aliphatic carbocycles. The lowest BCUT2D eigenvalue weighted by atomic mass is 10.2. The molecule has 2 N–H and O–H groups in total. The molecule has 0 atom stereocenters. The Kier molecular flexibility index (Phi) is 3.82. The molecule has 0 radical (unpaired) electrons. The molecule has 1 aromatic heterocycles. The first-order valence-corrected chi connectivity index (χ1v) is 5.76. The summed E-state index contributed by atoms with van der Waals surface area (Å²) >= 11 is 5.95. The van der Waals surface area contributed by atoms with Crippen LogP contribution >= 0.6 is 11.6 Å². The van der Waals surface area contributed by atoms with E-state index in [0.29, 0.717) is 22.9 Å². The van der Waals surface area contributed by atoms with E-state index in [4.69, 9.17) is 16.7 Å². The van der Waals surface area contributed by atoms with Crippen LogP contribution in [0.15, 0.2) is 36.5 Å². The number of aromatic hydroxyl groups is 1. The third kappa shape index (κ3) is 3.32. The van der Waals surface area contributed by atoms with Crippen LogP contribution in [-0.4, -0.2) is 15.0 Å². The predicted molar refractivity (Wildman–Crippen MR) is 71.3 cm³/mol. The van der Waals surface area contributed by atoms with E-state index in [-0.39, 0.29) is 11.4 Å². The van der Waals surface area contributed by atoms with Crippen LogP contribution in [0.4, 0.5) is 11.4 Å². The standard InChI is InChI=1S/C12H10ClN3O3/c13-11-4-2-9(16(18)19)5-12(11)15-6-8-1-3-10(17)7-14-8/h1-5,7,15,17H,6H2. The van der Waals surface area contributed by atoms with Crippen molar-refractivity contribution in [3.05, 3.63) is 57.4 Å². The van der Waals surface area contributed by atoms with E-state index in [1.807, 2.05) is 0 Å². The molecule has 0 bridgehead atoms. The topological polar surface area (TPSA) is 88.3 Å². The Labute approximate surface area is 113 Å². The number of hydrogen-bond acceptors (Lipinski definition) is 5. The summed E-state index contributed by atoms with van der Waals surface area (Å²) < 4.78 is 0. The van der Waals surface area contributed by atoms with Crippen molar-refractivity contribution in [3.8, 4) is 5.75 Å². The molecule has 1 heterocycles. The summed E-state index contributed by atoms with van der Waals surface area (Å²) in [5.74, 6) is 0.0807. The Morgan fingerprint density at radius 3 is 2.79 bits per heavy atom. The minimum absolute atomic E-state index is 0.0365. The van der Waals surface area contributed by atoms with Crippen LogP contribution in [0.25, 0.3) is 0 Å². The number of nitro benzene ring substituents is 1. The van der Waals surface area contributed by atoms with Crippen molar-refractivity contribution in [1.29, 1.82) is 0 Å². The number of nitrogens with zero attached hydrogens (tertiary/aromatic N) is 2. The van der Waals surface area contributed by atoms with E-state index in [0.717, 1.165) is 0 Å². The summed E-state index contributed by atoms with van der Waals surface area (Å²) in [7, 11) is 0. The van der Waals surface area contributed by atoms with Gasteiger partial charge in [-0.25, -0.2) is 0 Å². The molecule has 6 nitrogen and oxygen atoms in total. The lowest BCUT2D eigenvalue weighted by Gasteiger charge is -2.07. The fourth-order valence-electron chi connectivity index (χ4n) is 1.47. The number of rotatable bonds is 4. The van der Waals surface area contributed by atoms with Gasteiger partial charge in [0.25, 0.3) is 5.69 Å². The number of nitrogens with one attached hydrogen (secondary N) is 1. The van der Waals surface area contributed by atoms with Crippen LogP contribution in [-0.2, 0) is 6.54 Å². The maximum atomic E-state index is 10.7. The summed E-state index contributed by atoms with van der Waals surface area (Å²) in [5, 5.41) is 23.1. The van der Waals surface area contributed by atoms with E-state index >= 15 is 0 Å². The summed E-state index contributed by atoms with van der Waals surface area (Å²) in [6.07, 6.45) is 1.33. The number of benzene rings is 1. The number of aromatic nitrogens is 1. The maximum Gasteiger partial charge on any atom is 0.271 e. The molecular weight excluding hydrogens is 270 g/mol. The quantitative estimate of drug-likeness (QED) is 0.663. The smallest absolute Gasteiger partial charge is 0.271 e. The molecule has 1 aromatic carbocycles. The predicted octanol–water partition coefficient (Wildman–Crippen LogP) is 2.96. The van der Waals surface area contributed by atoms with Crippen LogP contribution in [0, 0.1) is 10.1 Å². The largest absolute Gasteiger partial charge is 0.506 e. The van der Waals surface area contributed by atoms with Crippen LogP contribution in [0.2, 0.25) is 5.02 Å². The van der Waals surface area contributed by atoms with Gasteiger partial charge in [-0.3, -0.25) is 15.1 Å². The van der Waals surface area contributed by atoms with Gasteiger partial charge in [0.2, 0.25) is 0 Å². The highest BCUT2D eigenvalue weighted by atomic mass is 35.5. The Bertz CT molecular complexity index is 602. The molecule has 0 unspecified atom stereocenters. The minimum atomic E-state index is -0.486. The van der Waals surface area contributed by atoms with Crippen molar-refractivity contribution in [2.24, 2.45) is 0 Å². The summed E-state index contributed by atoms with van der Waals surface area (Å²) in [6.45, 7) is 0.348. The maximum absolute atomic E-state index is 10.7. The molecule has 0 saturated heterocycles. The SMILES string of the molecule is O=[N+]([O-])c1ccc(Cl)c(NCc2ccc(O)cn2)c1. The van der Waals surface area contributed by atoms with Gasteiger partial charge in [-0.2, -0.15) is 0 Å². The molecule has 0 aliphatic heterocycles. The Morgan fingerprint density at radius 1 is 1.37 bits per heavy atom. The second kappa shape index (κ2) is 5.53. The van der Waals surface area contributed by atoms with Crippen LogP contribution in [0.1, 0.15) is 5.69 Å². The molecule has 2 aromatic rings. The van der Waals surface area contributed by atoms with Gasteiger partial charge in [0, 0.05) is 12.1 Å². The van der Waals surface area contributed by atoms with Gasteiger partial charge in [-0.05, 0) is 18.2 Å². The average Bonchev–Trinajstić information content (AvgIpc) is 2.39. The molecule has 7 heteroatoms. The van der Waals surface area contributed by atoms with Crippen molar-refractivity contribution in [3.63, 3.8) is 0 Å². The number of halogens is 1. The second-order valence-corrected chi connectivity index (χ2v) is 4.19. The third-order valence-electron chi connectivity index (χ3n) is 2.43. The molecule has 0 fully saturated rings. The fraction of sp³-hybridized carbons (Fsp3) is 0.0833. The number of pyridine rings is 1. The van der Waals surface area contributed by atoms with Crippen molar-refractivity contribution >= 4 is 23.0 Å². The summed E-state index contributed by atoms with van der Waals surface area (Å²) in [4.78, 5) is 14.2. The van der Waals surface area contributed by atoms with Gasteiger partial charge in [0.05, 0.1) is 34.1 Å². The molecular formula is C12H10ClN3O3. The van der Waals surface area contributed by atoms with Crippen molar-refractivity contribution in [2.75, 3.05) is 5.32 Å². The van der Waals surface area contributed by atoms with Crippen molar-refractivity contribution < 1.29 is 10.0 Å². The number of nitro groups is 1. The first-order valence-electron chi connectivity index (χ1n) is 5.38. The first-order chi connectivity index (χ1) is 9.06. The normalized spacial score (nSPS) is 10.2. The van der Waals surface area contributed by atoms with Gasteiger partial charge >= 0.3 is 0 Å². The summed E-state index contributed by atoms with van der Waals surface area (Å²) in [6, 6.07) is 7.33. The number of anilines is 1. The second-order valence-electron chi connectivity index (χ2n) is 3.78. The molecule has 19 heavy (non-hydrogen) atoms. The van der Waals surface area contributed by atoms with Gasteiger partial charge in [0.15, 0.2) is 0 Å². The van der Waals surface area contributed by atoms with Gasteiger partial charge < -0.3 is 10.4 Å². The zero-order valence-corrected chi connectivity index (χ0v) is 10.5. The molecule has 98 valence electrons. The van der Waals surface area contributed by atoms with E-state index in [1.165, 1.54) is 30.5 Å². The molecule has 0 saturated carbocycles. The molecule has 0 amide bonds. The van der Waals surface area contributed by atoms with Crippen molar-refractivity contribution in [2.45, 2.75) is 6.54 Å². The van der Waals surface area contributed by atoms with E-state index in [2.05, 4.69) is 10.3 Å². The van der Waals surface area contributed by atoms with Crippen LogP contribution in [0.5, 0.6) is 5.75 Å². The third-order valence-corrected chi connectivity index (χ3v) is 2.76. The van der Waals surface area contributed by atoms with Gasteiger partial charge in [-0.1, -0.05) is 11.6 Å².